The summed E-state index contributed by atoms with van der Waals surface area (Å²) < 4.78 is 0. The van der Waals surface area contributed by atoms with Crippen LogP contribution in [0.4, 0.5) is 4.79 Å². The number of nitrogens with two attached hydrogens (primary N) is 1. The number of thiazole rings is 1. The van der Waals surface area contributed by atoms with E-state index in [9.17, 15) is 10.0 Å². The Morgan fingerprint density at radius 1 is 1.60 bits per heavy atom. The van der Waals surface area contributed by atoms with Crippen LogP contribution in [0.5, 0.6) is 0 Å². The normalized spacial score (nSPS) is 12.7. The molecule has 5 nitrogen and oxygen atoms in total. The lowest BCUT2D eigenvalue weighted by atomic mass is 10.2. The molecule has 0 aliphatic carbocycles. The number of urea groups is 1. The van der Waals surface area contributed by atoms with E-state index in [-0.39, 0.29) is 0 Å². The van der Waals surface area contributed by atoms with Gasteiger partial charge in [0.25, 0.3) is 0 Å². The molecule has 0 saturated carbocycles. The largest absolute Gasteiger partial charge is 0.350 e. The van der Waals surface area contributed by atoms with E-state index in [2.05, 4.69) is 11.1 Å². The topological polar surface area (TPSA) is 79.4 Å². The number of aromatic nitrogens is 1. The minimum absolute atomic E-state index is 0.461. The zero-order valence-electron chi connectivity index (χ0n) is 10.9. The molecule has 0 fully saturated rings. The first kappa shape index (κ1) is 14.7. The van der Waals surface area contributed by atoms with Gasteiger partial charge in [-0.15, -0.1) is 22.7 Å². The number of primary amides is 1. The molecule has 2 amide bonds. The van der Waals surface area contributed by atoms with Crippen molar-refractivity contribution in [3.05, 3.63) is 44.5 Å². The maximum Gasteiger partial charge on any atom is 0.339 e. The highest BCUT2D eigenvalue weighted by Gasteiger charge is 2.11. The molecule has 0 unspecified atom stereocenters. The molecule has 20 heavy (non-hydrogen) atoms. The van der Waals surface area contributed by atoms with E-state index >= 15 is 0 Å². The van der Waals surface area contributed by atoms with Gasteiger partial charge in [0.2, 0.25) is 0 Å². The number of rotatable bonds is 5. The SMILES string of the molecule is C[C@H](C=Cc1ccc(Cc2cscn2)s1)N(O)C(N)=O. The zero-order chi connectivity index (χ0) is 14.5. The molecule has 3 N–H and O–H groups in total. The number of amides is 2. The predicted octanol–water partition coefficient (Wildman–Crippen LogP) is 2.97. The van der Waals surface area contributed by atoms with E-state index in [1.54, 1.807) is 35.7 Å². The highest BCUT2D eigenvalue weighted by molar-refractivity contribution is 7.12. The van der Waals surface area contributed by atoms with Gasteiger partial charge in [0, 0.05) is 21.6 Å². The summed E-state index contributed by atoms with van der Waals surface area (Å²) in [5, 5.41) is 11.9. The summed E-state index contributed by atoms with van der Waals surface area (Å²) in [5.74, 6) is 0. The monoisotopic (exact) mass is 309 g/mol. The molecular formula is C13H15N3O2S2. The lowest BCUT2D eigenvalue weighted by Gasteiger charge is -2.16. The summed E-state index contributed by atoms with van der Waals surface area (Å²) in [7, 11) is 0. The van der Waals surface area contributed by atoms with Crippen molar-refractivity contribution in [3.8, 4) is 0 Å². The van der Waals surface area contributed by atoms with Crippen molar-refractivity contribution >= 4 is 34.8 Å². The maximum absolute atomic E-state index is 10.8. The third-order valence-electron chi connectivity index (χ3n) is 2.67. The molecule has 7 heteroatoms. The van der Waals surface area contributed by atoms with Gasteiger partial charge in [-0.25, -0.2) is 9.78 Å². The molecule has 2 heterocycles. The third-order valence-corrected chi connectivity index (χ3v) is 4.36. The first-order chi connectivity index (χ1) is 9.56. The van der Waals surface area contributed by atoms with Crippen molar-refractivity contribution in [3.63, 3.8) is 0 Å². The Kier molecular flexibility index (Phi) is 4.89. The first-order valence-corrected chi connectivity index (χ1v) is 7.73. The fraction of sp³-hybridized carbons (Fsp3) is 0.231. The van der Waals surface area contributed by atoms with Crippen molar-refractivity contribution in [1.82, 2.24) is 10.0 Å². The number of nitrogens with zero attached hydrogens (tertiary/aromatic N) is 2. The van der Waals surface area contributed by atoms with Gasteiger partial charge < -0.3 is 5.73 Å². The van der Waals surface area contributed by atoms with Crippen LogP contribution in [0, 0.1) is 0 Å². The molecule has 2 aromatic rings. The standard InChI is InChI=1S/C13H15N3O2S2/c1-9(16(18)13(14)17)2-3-11-4-5-12(20-11)6-10-7-19-8-15-10/h2-5,7-9,18H,6H2,1H3,(H2,14,17)/t9-/m1/s1. The van der Waals surface area contributed by atoms with Crippen LogP contribution in [0.2, 0.25) is 0 Å². The van der Waals surface area contributed by atoms with E-state index in [1.165, 1.54) is 4.88 Å². The molecule has 0 radical (unpaired) electrons. The van der Waals surface area contributed by atoms with Crippen LogP contribution >= 0.6 is 22.7 Å². The van der Waals surface area contributed by atoms with E-state index in [4.69, 9.17) is 5.73 Å². The minimum atomic E-state index is -0.863. The van der Waals surface area contributed by atoms with Crippen LogP contribution in [0.25, 0.3) is 6.08 Å². The Hall–Kier alpha value is -1.70. The van der Waals surface area contributed by atoms with Gasteiger partial charge in [0.1, 0.15) is 0 Å². The fourth-order valence-electron chi connectivity index (χ4n) is 1.60. The van der Waals surface area contributed by atoms with E-state index < -0.39 is 12.1 Å². The van der Waals surface area contributed by atoms with E-state index in [0.29, 0.717) is 5.06 Å². The van der Waals surface area contributed by atoms with E-state index in [1.807, 2.05) is 23.0 Å². The van der Waals surface area contributed by atoms with Gasteiger partial charge in [-0.05, 0) is 25.1 Å². The summed E-state index contributed by atoms with van der Waals surface area (Å²) in [6.45, 7) is 1.69. The van der Waals surface area contributed by atoms with E-state index in [0.717, 1.165) is 17.0 Å². The maximum atomic E-state index is 10.8. The molecule has 2 rings (SSSR count). The predicted molar refractivity (Wildman–Crippen MR) is 80.9 cm³/mol. The second-order valence-corrected chi connectivity index (χ2v) is 6.16. The van der Waals surface area contributed by atoms with Gasteiger partial charge >= 0.3 is 6.03 Å². The second kappa shape index (κ2) is 6.65. The van der Waals surface area contributed by atoms with Gasteiger partial charge in [-0.3, -0.25) is 5.21 Å². The molecule has 0 aliphatic rings. The lowest BCUT2D eigenvalue weighted by molar-refractivity contribution is -0.0560. The van der Waals surface area contributed by atoms with Crippen LogP contribution in [-0.4, -0.2) is 27.3 Å². The number of hydroxylamine groups is 2. The fourth-order valence-corrected chi connectivity index (χ4v) is 3.10. The number of hydrogen-bond donors (Lipinski definition) is 2. The Labute approximate surface area is 124 Å². The molecule has 0 aromatic carbocycles. The molecule has 1 atom stereocenters. The van der Waals surface area contributed by atoms with Crippen molar-refractivity contribution in [1.29, 1.82) is 0 Å². The molecule has 0 saturated heterocycles. The number of hydrogen-bond acceptors (Lipinski definition) is 5. The Morgan fingerprint density at radius 2 is 2.40 bits per heavy atom. The Morgan fingerprint density at radius 3 is 3.05 bits per heavy atom. The number of thiophene rings is 1. The molecule has 0 aliphatic heterocycles. The summed E-state index contributed by atoms with van der Waals surface area (Å²) in [4.78, 5) is 17.3. The first-order valence-electron chi connectivity index (χ1n) is 5.98. The van der Waals surface area contributed by atoms with Crippen molar-refractivity contribution < 1.29 is 10.0 Å². The highest BCUT2D eigenvalue weighted by atomic mass is 32.1. The molecule has 106 valence electrons. The number of carbonyl (C=O) groups excluding carboxylic acids is 1. The summed E-state index contributed by atoms with van der Waals surface area (Å²) in [6.07, 6.45) is 4.42. The van der Waals surface area contributed by atoms with Crippen LogP contribution in [-0.2, 0) is 6.42 Å². The molecule has 0 bridgehead atoms. The summed E-state index contributed by atoms with van der Waals surface area (Å²) in [6, 6.07) is 2.73. The van der Waals surface area contributed by atoms with Crippen molar-refractivity contribution in [2.24, 2.45) is 5.73 Å². The smallest absolute Gasteiger partial charge is 0.339 e. The average Bonchev–Trinajstić information content (AvgIpc) is 3.07. The summed E-state index contributed by atoms with van der Waals surface area (Å²) >= 11 is 3.24. The van der Waals surface area contributed by atoms with Crippen molar-refractivity contribution in [2.45, 2.75) is 19.4 Å². The van der Waals surface area contributed by atoms with Gasteiger partial charge in [0.15, 0.2) is 0 Å². The van der Waals surface area contributed by atoms with Gasteiger partial charge in [-0.2, -0.15) is 5.06 Å². The highest BCUT2D eigenvalue weighted by Crippen LogP contribution is 2.21. The van der Waals surface area contributed by atoms with Crippen molar-refractivity contribution in [2.75, 3.05) is 0 Å². The Bertz CT molecular complexity index is 593. The van der Waals surface area contributed by atoms with Crippen LogP contribution in [0.3, 0.4) is 0 Å². The van der Waals surface area contributed by atoms with Gasteiger partial charge in [-0.1, -0.05) is 6.08 Å². The van der Waals surface area contributed by atoms with Gasteiger partial charge in [0.05, 0.1) is 17.2 Å². The second-order valence-electron chi connectivity index (χ2n) is 4.24. The molecular weight excluding hydrogens is 294 g/mol. The van der Waals surface area contributed by atoms with Crippen LogP contribution < -0.4 is 5.73 Å². The number of carbonyl (C=O) groups is 1. The summed E-state index contributed by atoms with van der Waals surface area (Å²) in [5.41, 5.74) is 7.88. The minimum Gasteiger partial charge on any atom is -0.350 e. The molecule has 2 aromatic heterocycles. The quantitative estimate of drug-likeness (QED) is 0.658. The average molecular weight is 309 g/mol. The Balaban J connectivity index is 1.97. The van der Waals surface area contributed by atoms with Crippen LogP contribution in [0.15, 0.2) is 29.1 Å². The van der Waals surface area contributed by atoms with Crippen LogP contribution in [0.1, 0.15) is 22.4 Å². The third kappa shape index (κ3) is 3.89. The molecule has 0 spiro atoms. The zero-order valence-corrected chi connectivity index (χ0v) is 12.5. The lowest BCUT2D eigenvalue weighted by Crippen LogP contribution is -2.38.